The van der Waals surface area contributed by atoms with Gasteiger partial charge in [0.05, 0.1) is 24.4 Å². The summed E-state index contributed by atoms with van der Waals surface area (Å²) in [6.45, 7) is 4.74. The van der Waals surface area contributed by atoms with Gasteiger partial charge in [0.25, 0.3) is 0 Å². The molecule has 2 atom stereocenters. The molecule has 4 rings (SSSR count). The second-order valence-electron chi connectivity index (χ2n) is 7.86. The van der Waals surface area contributed by atoms with Crippen molar-refractivity contribution in [2.24, 2.45) is 7.05 Å². The molecule has 2 aromatic heterocycles. The van der Waals surface area contributed by atoms with Crippen molar-refractivity contribution in [1.29, 1.82) is 0 Å². The summed E-state index contributed by atoms with van der Waals surface area (Å²) in [5.74, 6) is 1.13. The Bertz CT molecular complexity index is 718. The number of rotatable bonds is 5. The van der Waals surface area contributed by atoms with Gasteiger partial charge in [-0.3, -0.25) is 14.8 Å². The molecule has 2 aromatic rings. The number of likely N-dealkylation sites (tertiary alicyclic amines) is 1. The number of nitrogens with zero attached hydrogens (tertiary/aromatic N) is 5. The lowest BCUT2D eigenvalue weighted by Gasteiger charge is -2.39. The molecule has 0 unspecified atom stereocenters. The topological polar surface area (TPSA) is 46.4 Å². The Kier molecular flexibility index (Phi) is 5.07. The third-order valence-electron chi connectivity index (χ3n) is 5.85. The third-order valence-corrected chi connectivity index (χ3v) is 5.85. The number of ether oxygens (including phenoxy) is 1. The van der Waals surface area contributed by atoms with Gasteiger partial charge in [-0.05, 0) is 45.0 Å². The maximum atomic E-state index is 6.40. The van der Waals surface area contributed by atoms with Crippen LogP contribution in [-0.2, 0) is 24.9 Å². The standard InChI is InChI=1S/C20H29N5O/c1-23-11-9-22-19(23)14-25-10-5-7-20(16-25)12-18(15-26-20)24(2)13-17-6-3-4-8-21-17/h3-4,6,8-9,11,18H,5,7,10,12-16H2,1-2H3/t18-,20+/m0/s1. The normalized spacial score (nSPS) is 26.8. The van der Waals surface area contributed by atoms with Crippen LogP contribution in [0.25, 0.3) is 0 Å². The Morgan fingerprint density at radius 2 is 2.23 bits per heavy atom. The van der Waals surface area contributed by atoms with Crippen molar-refractivity contribution in [3.8, 4) is 0 Å². The van der Waals surface area contributed by atoms with Crippen molar-refractivity contribution in [2.75, 3.05) is 26.7 Å². The molecule has 26 heavy (non-hydrogen) atoms. The van der Waals surface area contributed by atoms with E-state index in [4.69, 9.17) is 4.74 Å². The van der Waals surface area contributed by atoms with E-state index >= 15 is 0 Å². The van der Waals surface area contributed by atoms with E-state index in [1.54, 1.807) is 0 Å². The molecule has 140 valence electrons. The highest BCUT2D eigenvalue weighted by Crippen LogP contribution is 2.36. The zero-order valence-electron chi connectivity index (χ0n) is 15.8. The van der Waals surface area contributed by atoms with Crippen molar-refractivity contribution in [3.05, 3.63) is 48.3 Å². The molecule has 2 aliphatic rings. The van der Waals surface area contributed by atoms with E-state index in [0.29, 0.717) is 6.04 Å². The van der Waals surface area contributed by atoms with Crippen LogP contribution in [0.2, 0.25) is 0 Å². The first kappa shape index (κ1) is 17.6. The van der Waals surface area contributed by atoms with Crippen molar-refractivity contribution in [3.63, 3.8) is 0 Å². The van der Waals surface area contributed by atoms with E-state index in [0.717, 1.165) is 57.1 Å². The zero-order chi connectivity index (χ0) is 18.0. The van der Waals surface area contributed by atoms with E-state index in [9.17, 15) is 0 Å². The van der Waals surface area contributed by atoms with Gasteiger partial charge < -0.3 is 9.30 Å². The van der Waals surface area contributed by atoms with E-state index < -0.39 is 0 Å². The minimum atomic E-state index is 0.00641. The van der Waals surface area contributed by atoms with Crippen LogP contribution >= 0.6 is 0 Å². The van der Waals surface area contributed by atoms with Crippen molar-refractivity contribution < 1.29 is 4.74 Å². The van der Waals surface area contributed by atoms with Crippen molar-refractivity contribution in [1.82, 2.24) is 24.3 Å². The van der Waals surface area contributed by atoms with Crippen LogP contribution in [0.1, 0.15) is 30.8 Å². The van der Waals surface area contributed by atoms with Crippen LogP contribution in [0.4, 0.5) is 0 Å². The maximum absolute atomic E-state index is 6.40. The monoisotopic (exact) mass is 355 g/mol. The molecule has 0 aliphatic carbocycles. The number of aryl methyl sites for hydroxylation is 1. The van der Waals surface area contributed by atoms with Crippen LogP contribution in [0.15, 0.2) is 36.8 Å². The van der Waals surface area contributed by atoms with Crippen LogP contribution < -0.4 is 0 Å². The van der Waals surface area contributed by atoms with E-state index in [-0.39, 0.29) is 5.60 Å². The molecular formula is C20H29N5O. The molecule has 6 nitrogen and oxygen atoms in total. The Balaban J connectivity index is 1.36. The Morgan fingerprint density at radius 1 is 1.31 bits per heavy atom. The minimum Gasteiger partial charge on any atom is -0.372 e. The first-order valence-electron chi connectivity index (χ1n) is 9.56. The van der Waals surface area contributed by atoms with Gasteiger partial charge in [-0.1, -0.05) is 6.07 Å². The quantitative estimate of drug-likeness (QED) is 0.822. The number of pyridine rings is 1. The molecule has 4 heterocycles. The van der Waals surface area contributed by atoms with Crippen LogP contribution in [0.5, 0.6) is 0 Å². The smallest absolute Gasteiger partial charge is 0.122 e. The summed E-state index contributed by atoms with van der Waals surface area (Å²) in [4.78, 5) is 13.8. The van der Waals surface area contributed by atoms with Gasteiger partial charge in [0.15, 0.2) is 0 Å². The van der Waals surface area contributed by atoms with Gasteiger partial charge >= 0.3 is 0 Å². The molecule has 1 spiro atoms. The second-order valence-corrected chi connectivity index (χ2v) is 7.86. The number of imidazole rings is 1. The summed E-state index contributed by atoms with van der Waals surface area (Å²) in [6.07, 6.45) is 9.23. The van der Waals surface area contributed by atoms with E-state index in [1.165, 1.54) is 6.42 Å². The molecule has 2 aliphatic heterocycles. The van der Waals surface area contributed by atoms with Crippen LogP contribution in [-0.4, -0.2) is 62.7 Å². The van der Waals surface area contributed by atoms with Crippen LogP contribution in [0, 0.1) is 0 Å². The van der Waals surface area contributed by atoms with Gasteiger partial charge in [0.1, 0.15) is 5.82 Å². The summed E-state index contributed by atoms with van der Waals surface area (Å²) < 4.78 is 8.51. The Labute approximate surface area is 155 Å². The van der Waals surface area contributed by atoms with Gasteiger partial charge in [0, 0.05) is 44.8 Å². The van der Waals surface area contributed by atoms with Crippen LogP contribution in [0.3, 0.4) is 0 Å². The molecule has 0 bridgehead atoms. The minimum absolute atomic E-state index is 0.00641. The molecule has 6 heteroatoms. The first-order chi connectivity index (χ1) is 12.6. The molecule has 0 radical (unpaired) electrons. The SMILES string of the molecule is CN(Cc1ccccn1)[C@@H]1CO[C@]2(CCCN(Cc3nccn3C)C2)C1. The molecular weight excluding hydrogens is 326 g/mol. The number of piperidine rings is 1. The van der Waals surface area contributed by atoms with Crippen molar-refractivity contribution in [2.45, 2.75) is 44.0 Å². The van der Waals surface area contributed by atoms with Gasteiger partial charge in [-0.15, -0.1) is 0 Å². The summed E-state index contributed by atoms with van der Waals surface area (Å²) in [7, 11) is 4.26. The Hall–Kier alpha value is -1.76. The third kappa shape index (κ3) is 3.82. The predicted octanol–water partition coefficient (Wildman–Crippen LogP) is 2.07. The molecule has 0 aromatic carbocycles. The summed E-state index contributed by atoms with van der Waals surface area (Å²) in [5.41, 5.74) is 1.13. The lowest BCUT2D eigenvalue weighted by Crippen LogP contribution is -2.48. The zero-order valence-corrected chi connectivity index (χ0v) is 15.8. The molecule has 0 N–H and O–H groups in total. The van der Waals surface area contributed by atoms with E-state index in [2.05, 4.69) is 50.6 Å². The largest absolute Gasteiger partial charge is 0.372 e. The number of likely N-dealkylation sites (N-methyl/N-ethyl adjacent to an activating group) is 1. The number of hydrogen-bond acceptors (Lipinski definition) is 5. The highest BCUT2D eigenvalue weighted by molar-refractivity contribution is 5.05. The number of hydrogen-bond donors (Lipinski definition) is 0. The maximum Gasteiger partial charge on any atom is 0.122 e. The fourth-order valence-corrected chi connectivity index (χ4v) is 4.34. The predicted molar refractivity (Wildman–Crippen MR) is 101 cm³/mol. The Morgan fingerprint density at radius 3 is 3.00 bits per heavy atom. The average molecular weight is 355 g/mol. The van der Waals surface area contributed by atoms with Gasteiger partial charge in [-0.25, -0.2) is 4.98 Å². The lowest BCUT2D eigenvalue weighted by atomic mass is 9.88. The summed E-state index contributed by atoms with van der Waals surface area (Å²) >= 11 is 0. The summed E-state index contributed by atoms with van der Waals surface area (Å²) in [6, 6.07) is 6.58. The van der Waals surface area contributed by atoms with Crippen molar-refractivity contribution >= 4 is 0 Å². The van der Waals surface area contributed by atoms with Gasteiger partial charge in [0.2, 0.25) is 0 Å². The highest BCUT2D eigenvalue weighted by atomic mass is 16.5. The lowest BCUT2D eigenvalue weighted by molar-refractivity contribution is -0.0543. The molecule has 2 saturated heterocycles. The average Bonchev–Trinajstić information content (AvgIpc) is 3.23. The van der Waals surface area contributed by atoms with E-state index in [1.807, 2.05) is 24.7 Å². The fourth-order valence-electron chi connectivity index (χ4n) is 4.34. The highest BCUT2D eigenvalue weighted by Gasteiger charge is 2.44. The first-order valence-corrected chi connectivity index (χ1v) is 9.56. The van der Waals surface area contributed by atoms with Gasteiger partial charge in [-0.2, -0.15) is 0 Å². The number of aromatic nitrogens is 3. The second kappa shape index (κ2) is 7.47. The molecule has 2 fully saturated rings. The summed E-state index contributed by atoms with van der Waals surface area (Å²) in [5, 5.41) is 0. The fraction of sp³-hybridized carbons (Fsp3) is 0.600. The molecule has 0 amide bonds. The molecule has 0 saturated carbocycles.